The van der Waals surface area contributed by atoms with Gasteiger partial charge in [0, 0.05) is 37.7 Å². The van der Waals surface area contributed by atoms with Gasteiger partial charge in [0.05, 0.1) is 19.6 Å². The van der Waals surface area contributed by atoms with Gasteiger partial charge in [0.2, 0.25) is 15.9 Å². The lowest BCUT2D eigenvalue weighted by molar-refractivity contribution is -0.142. The number of carbonyl (C=O) groups is 1. The number of nitrogens with zero attached hydrogens (tertiary/aromatic N) is 2. The number of rotatable bonds is 9. The Morgan fingerprint density at radius 3 is 2.64 bits per heavy atom. The summed E-state index contributed by atoms with van der Waals surface area (Å²) in [6, 6.07) is 2.88. The molecule has 1 aliphatic rings. The van der Waals surface area contributed by atoms with E-state index in [1.807, 2.05) is 0 Å². The number of methoxy groups -OCH3 is 1. The minimum Gasteiger partial charge on any atom is -0.473 e. The number of hydrogen-bond donors (Lipinski definition) is 1. The van der Waals surface area contributed by atoms with Crippen molar-refractivity contribution in [3.63, 3.8) is 0 Å². The summed E-state index contributed by atoms with van der Waals surface area (Å²) >= 11 is 0. The maximum Gasteiger partial charge on any atom is 0.305 e. The van der Waals surface area contributed by atoms with Gasteiger partial charge in [0.25, 0.3) is 0 Å². The Hall–Kier alpha value is -2.04. The van der Waals surface area contributed by atoms with E-state index in [1.54, 1.807) is 7.05 Å². The molecule has 1 aromatic heterocycles. The highest BCUT2D eigenvalue weighted by Gasteiger charge is 2.30. The van der Waals surface area contributed by atoms with E-state index in [9.17, 15) is 17.6 Å². The van der Waals surface area contributed by atoms with Crippen LogP contribution in [0.25, 0.3) is 0 Å². The number of esters is 1. The predicted molar refractivity (Wildman–Crippen MR) is 101 cm³/mol. The SMILES string of the molecule is CNC/C(=C/F)COc1ccc(S(=O)(=O)N2CCC(CC(=O)OC)CC2)cn1. The topological polar surface area (TPSA) is 97.8 Å². The molecule has 1 aliphatic heterocycles. The largest absolute Gasteiger partial charge is 0.473 e. The third-order valence-corrected chi connectivity index (χ3v) is 6.45. The highest BCUT2D eigenvalue weighted by atomic mass is 32.2. The van der Waals surface area contributed by atoms with Crippen LogP contribution in [0.3, 0.4) is 0 Å². The molecule has 156 valence electrons. The molecule has 0 aromatic carbocycles. The summed E-state index contributed by atoms with van der Waals surface area (Å²) in [6.45, 7) is 1.05. The molecule has 1 fully saturated rings. The second-order valence-electron chi connectivity index (χ2n) is 6.55. The number of hydrogen-bond acceptors (Lipinski definition) is 7. The van der Waals surface area contributed by atoms with E-state index in [-0.39, 0.29) is 29.3 Å². The zero-order valence-corrected chi connectivity index (χ0v) is 16.9. The summed E-state index contributed by atoms with van der Waals surface area (Å²) in [5.74, 6) is 0.0657. The lowest BCUT2D eigenvalue weighted by Gasteiger charge is -2.30. The van der Waals surface area contributed by atoms with Crippen molar-refractivity contribution in [2.75, 3.05) is 40.4 Å². The standard InChI is InChI=1S/C18H26FN3O5S/c1-20-11-15(10-19)13-27-17-4-3-16(12-21-17)28(24,25)22-7-5-14(6-8-22)9-18(23)26-2/h3-4,10,12,14,20H,5-9,11,13H2,1-2H3/b15-10-. The molecule has 0 amide bonds. The van der Waals surface area contributed by atoms with Gasteiger partial charge in [-0.05, 0) is 31.9 Å². The van der Waals surface area contributed by atoms with Crippen molar-refractivity contribution in [1.82, 2.24) is 14.6 Å². The fourth-order valence-corrected chi connectivity index (χ4v) is 4.36. The Balaban J connectivity index is 1.94. The molecule has 0 unspecified atom stereocenters. The van der Waals surface area contributed by atoms with Crippen molar-refractivity contribution < 1.29 is 27.1 Å². The Bertz CT molecular complexity index is 775. The van der Waals surface area contributed by atoms with E-state index in [4.69, 9.17) is 4.74 Å². The highest BCUT2D eigenvalue weighted by Crippen LogP contribution is 2.26. The van der Waals surface area contributed by atoms with Crippen molar-refractivity contribution >= 4 is 16.0 Å². The van der Waals surface area contributed by atoms with Gasteiger partial charge in [-0.1, -0.05) is 0 Å². The first-order chi connectivity index (χ1) is 13.4. The van der Waals surface area contributed by atoms with Crippen LogP contribution in [-0.4, -0.2) is 64.1 Å². The van der Waals surface area contributed by atoms with Crippen LogP contribution >= 0.6 is 0 Å². The summed E-state index contributed by atoms with van der Waals surface area (Å²) in [5.41, 5.74) is 0.413. The van der Waals surface area contributed by atoms with E-state index in [2.05, 4.69) is 15.0 Å². The maximum atomic E-state index is 12.8. The lowest BCUT2D eigenvalue weighted by Crippen LogP contribution is -2.39. The number of likely N-dealkylation sites (N-methyl/N-ethyl adjacent to an activating group) is 1. The molecule has 0 bridgehead atoms. The average molecular weight is 415 g/mol. The molecule has 8 nitrogen and oxygen atoms in total. The van der Waals surface area contributed by atoms with Crippen LogP contribution < -0.4 is 10.1 Å². The zero-order chi connectivity index (χ0) is 20.6. The third-order valence-electron chi connectivity index (χ3n) is 4.57. The molecule has 1 saturated heterocycles. The monoisotopic (exact) mass is 415 g/mol. The Morgan fingerprint density at radius 2 is 2.11 bits per heavy atom. The molecule has 2 rings (SSSR count). The Kier molecular flexibility index (Phi) is 8.34. The van der Waals surface area contributed by atoms with Crippen LogP contribution in [0.2, 0.25) is 0 Å². The smallest absolute Gasteiger partial charge is 0.305 e. The summed E-state index contributed by atoms with van der Waals surface area (Å²) < 4.78 is 49.7. The van der Waals surface area contributed by atoms with Gasteiger partial charge >= 0.3 is 5.97 Å². The van der Waals surface area contributed by atoms with Gasteiger partial charge in [-0.3, -0.25) is 4.79 Å². The second kappa shape index (κ2) is 10.5. The van der Waals surface area contributed by atoms with Crippen molar-refractivity contribution in [2.24, 2.45) is 5.92 Å². The quantitative estimate of drug-likeness (QED) is 0.610. The van der Waals surface area contributed by atoms with Gasteiger partial charge in [-0.15, -0.1) is 0 Å². The molecule has 0 spiro atoms. The number of pyridine rings is 1. The van der Waals surface area contributed by atoms with Gasteiger partial charge < -0.3 is 14.8 Å². The van der Waals surface area contributed by atoms with Gasteiger partial charge in [0.15, 0.2) is 0 Å². The van der Waals surface area contributed by atoms with E-state index in [1.165, 1.54) is 29.7 Å². The molecule has 10 heteroatoms. The third kappa shape index (κ3) is 5.98. The van der Waals surface area contributed by atoms with Crippen LogP contribution in [0, 0.1) is 5.92 Å². The molecule has 0 aliphatic carbocycles. The molecule has 0 atom stereocenters. The summed E-state index contributed by atoms with van der Waals surface area (Å²) in [5, 5.41) is 2.82. The molecular weight excluding hydrogens is 389 g/mol. The molecule has 1 N–H and O–H groups in total. The predicted octanol–water partition coefficient (Wildman–Crippen LogP) is 1.50. The fraction of sp³-hybridized carbons (Fsp3) is 0.556. The van der Waals surface area contributed by atoms with Crippen LogP contribution in [0.1, 0.15) is 19.3 Å². The normalized spacial score (nSPS) is 16.8. The zero-order valence-electron chi connectivity index (χ0n) is 16.1. The van der Waals surface area contributed by atoms with Crippen molar-refractivity contribution in [2.45, 2.75) is 24.2 Å². The number of piperidine rings is 1. The number of nitrogens with one attached hydrogen (secondary N) is 1. The molecule has 0 saturated carbocycles. The summed E-state index contributed by atoms with van der Waals surface area (Å²) in [4.78, 5) is 15.4. The Morgan fingerprint density at radius 1 is 1.39 bits per heavy atom. The van der Waals surface area contributed by atoms with Gasteiger partial charge in [0.1, 0.15) is 11.5 Å². The van der Waals surface area contributed by atoms with E-state index >= 15 is 0 Å². The average Bonchev–Trinajstić information content (AvgIpc) is 2.71. The number of sulfonamides is 1. The maximum absolute atomic E-state index is 12.8. The van der Waals surface area contributed by atoms with E-state index in [0.717, 1.165) is 0 Å². The number of ether oxygens (including phenoxy) is 2. The summed E-state index contributed by atoms with van der Waals surface area (Å²) in [6.07, 6.45) is 3.22. The second-order valence-corrected chi connectivity index (χ2v) is 8.48. The fourth-order valence-electron chi connectivity index (χ4n) is 2.94. The van der Waals surface area contributed by atoms with Crippen LogP contribution in [-0.2, 0) is 19.6 Å². The Labute approximate surface area is 164 Å². The van der Waals surface area contributed by atoms with Gasteiger partial charge in [-0.2, -0.15) is 4.31 Å². The highest BCUT2D eigenvalue weighted by molar-refractivity contribution is 7.89. The summed E-state index contributed by atoms with van der Waals surface area (Å²) in [7, 11) is -0.624. The molecule has 0 radical (unpaired) electrons. The number of halogens is 1. The minimum absolute atomic E-state index is 0.0180. The lowest BCUT2D eigenvalue weighted by atomic mass is 9.95. The number of carbonyl (C=O) groups excluding carboxylic acids is 1. The van der Waals surface area contributed by atoms with E-state index < -0.39 is 10.0 Å². The van der Waals surface area contributed by atoms with Crippen molar-refractivity contribution in [1.29, 1.82) is 0 Å². The first-order valence-electron chi connectivity index (χ1n) is 8.99. The molecule has 2 heterocycles. The minimum atomic E-state index is -3.66. The first kappa shape index (κ1) is 22.3. The van der Waals surface area contributed by atoms with Crippen LogP contribution in [0.4, 0.5) is 4.39 Å². The molecular formula is C18H26FN3O5S. The first-order valence-corrected chi connectivity index (χ1v) is 10.4. The van der Waals surface area contributed by atoms with Crippen LogP contribution in [0.15, 0.2) is 35.1 Å². The van der Waals surface area contributed by atoms with Gasteiger partial charge in [-0.25, -0.2) is 17.8 Å². The molecule has 1 aromatic rings. The van der Waals surface area contributed by atoms with E-state index in [0.29, 0.717) is 50.8 Å². The number of aromatic nitrogens is 1. The van der Waals surface area contributed by atoms with Crippen molar-refractivity contribution in [3.8, 4) is 5.88 Å². The van der Waals surface area contributed by atoms with Crippen molar-refractivity contribution in [3.05, 3.63) is 30.2 Å². The van der Waals surface area contributed by atoms with Crippen LogP contribution in [0.5, 0.6) is 5.88 Å². The molecule has 28 heavy (non-hydrogen) atoms.